The van der Waals surface area contributed by atoms with Gasteiger partial charge in [-0.1, -0.05) is 26.7 Å². The minimum absolute atomic E-state index is 0.0368. The van der Waals surface area contributed by atoms with Gasteiger partial charge in [-0.2, -0.15) is 0 Å². The second-order valence-electron chi connectivity index (χ2n) is 7.01. The van der Waals surface area contributed by atoms with E-state index >= 15 is 0 Å². The van der Waals surface area contributed by atoms with Gasteiger partial charge in [-0.05, 0) is 30.6 Å². The summed E-state index contributed by atoms with van der Waals surface area (Å²) in [5.74, 6) is -0.925. The molecule has 2 N–H and O–H groups in total. The molecule has 0 aromatic carbocycles. The molecule has 1 aliphatic heterocycles. The molecule has 2 rings (SSSR count). The lowest BCUT2D eigenvalue weighted by Gasteiger charge is -2.29. The van der Waals surface area contributed by atoms with Crippen molar-refractivity contribution in [2.45, 2.75) is 46.0 Å². The number of hydrogen-bond acceptors (Lipinski definition) is 2. The van der Waals surface area contributed by atoms with E-state index in [2.05, 4.69) is 19.2 Å². The molecule has 0 radical (unpaired) electrons. The number of nitrogens with one attached hydrogen (secondary N) is 1. The highest BCUT2D eigenvalue weighted by molar-refractivity contribution is 5.75. The molecular weight excluding hydrogens is 256 g/mol. The molecule has 20 heavy (non-hydrogen) atoms. The summed E-state index contributed by atoms with van der Waals surface area (Å²) in [5, 5.41) is 12.2. The topological polar surface area (TPSA) is 69.6 Å². The van der Waals surface area contributed by atoms with Crippen molar-refractivity contribution in [3.05, 3.63) is 0 Å². The summed E-state index contributed by atoms with van der Waals surface area (Å²) in [5.41, 5.74) is 0.200. The van der Waals surface area contributed by atoms with Crippen molar-refractivity contribution in [2.75, 3.05) is 19.6 Å². The summed E-state index contributed by atoms with van der Waals surface area (Å²) in [6, 6.07) is -0.0368. The monoisotopic (exact) mass is 282 g/mol. The zero-order valence-corrected chi connectivity index (χ0v) is 12.5. The molecule has 1 saturated heterocycles. The first-order valence-electron chi connectivity index (χ1n) is 7.65. The normalized spacial score (nSPS) is 29.2. The van der Waals surface area contributed by atoms with Gasteiger partial charge in [0.25, 0.3) is 0 Å². The number of aliphatic carboxylic acids is 1. The number of urea groups is 1. The number of nitrogens with zero attached hydrogens (tertiary/aromatic N) is 1. The van der Waals surface area contributed by atoms with Crippen LogP contribution >= 0.6 is 0 Å². The Morgan fingerprint density at radius 2 is 2.00 bits per heavy atom. The summed E-state index contributed by atoms with van der Waals surface area (Å²) < 4.78 is 0. The number of carboxylic acid groups (broad SMARTS) is 1. The molecular formula is C15H26N2O3. The van der Waals surface area contributed by atoms with Crippen molar-refractivity contribution in [3.8, 4) is 0 Å². The molecule has 0 spiro atoms. The predicted molar refractivity (Wildman–Crippen MR) is 76.5 cm³/mol. The van der Waals surface area contributed by atoms with Gasteiger partial charge in [0.1, 0.15) is 0 Å². The van der Waals surface area contributed by atoms with Crippen molar-refractivity contribution in [3.63, 3.8) is 0 Å². The molecule has 2 amide bonds. The van der Waals surface area contributed by atoms with Gasteiger partial charge in [-0.25, -0.2) is 4.79 Å². The van der Waals surface area contributed by atoms with Crippen LogP contribution < -0.4 is 5.32 Å². The maximum atomic E-state index is 12.1. The fourth-order valence-electron chi connectivity index (χ4n) is 3.39. The number of amides is 2. The molecule has 5 heteroatoms. The van der Waals surface area contributed by atoms with Crippen molar-refractivity contribution in [2.24, 2.45) is 17.3 Å². The van der Waals surface area contributed by atoms with Crippen LogP contribution in [0, 0.1) is 17.3 Å². The van der Waals surface area contributed by atoms with E-state index in [1.54, 1.807) is 0 Å². The molecule has 0 bridgehead atoms. The molecule has 2 unspecified atom stereocenters. The van der Waals surface area contributed by atoms with Crippen LogP contribution in [0.4, 0.5) is 4.79 Å². The van der Waals surface area contributed by atoms with E-state index in [1.807, 2.05) is 4.90 Å². The summed E-state index contributed by atoms with van der Waals surface area (Å²) >= 11 is 0. The van der Waals surface area contributed by atoms with E-state index in [4.69, 9.17) is 0 Å². The molecule has 1 heterocycles. The van der Waals surface area contributed by atoms with Gasteiger partial charge in [0, 0.05) is 19.6 Å². The fourth-order valence-corrected chi connectivity index (χ4v) is 3.39. The Bertz CT molecular complexity index is 381. The highest BCUT2D eigenvalue weighted by atomic mass is 16.4. The van der Waals surface area contributed by atoms with E-state index in [0.717, 1.165) is 45.2 Å². The fraction of sp³-hybridized carbons (Fsp3) is 0.867. The summed E-state index contributed by atoms with van der Waals surface area (Å²) in [7, 11) is 0. The minimum atomic E-state index is -0.716. The third kappa shape index (κ3) is 3.64. The Labute approximate surface area is 120 Å². The van der Waals surface area contributed by atoms with Crippen molar-refractivity contribution in [1.29, 1.82) is 0 Å². The van der Waals surface area contributed by atoms with E-state index in [-0.39, 0.29) is 23.3 Å². The summed E-state index contributed by atoms with van der Waals surface area (Å²) in [4.78, 5) is 25.2. The van der Waals surface area contributed by atoms with E-state index < -0.39 is 5.97 Å². The molecule has 2 atom stereocenters. The Balaban J connectivity index is 1.82. The van der Waals surface area contributed by atoms with Gasteiger partial charge in [0.15, 0.2) is 0 Å². The lowest BCUT2D eigenvalue weighted by Crippen LogP contribution is -2.43. The highest BCUT2D eigenvalue weighted by Gasteiger charge is 2.34. The van der Waals surface area contributed by atoms with Gasteiger partial charge in [0.2, 0.25) is 0 Å². The number of hydrogen-bond donors (Lipinski definition) is 2. The first-order chi connectivity index (χ1) is 9.39. The minimum Gasteiger partial charge on any atom is -0.481 e. The first kappa shape index (κ1) is 15.1. The SMILES string of the molecule is CC1(C)CCN(C(=O)NCC2CCCCC2C(=O)O)C1. The van der Waals surface area contributed by atoms with E-state index in [1.165, 1.54) is 0 Å². The Morgan fingerprint density at radius 3 is 2.60 bits per heavy atom. The standard InChI is InChI=1S/C15H26N2O3/c1-15(2)7-8-17(10-15)14(20)16-9-11-5-3-4-6-12(11)13(18)19/h11-12H,3-10H2,1-2H3,(H,16,20)(H,18,19). The molecule has 2 aliphatic rings. The number of carbonyl (C=O) groups excluding carboxylic acids is 1. The van der Waals surface area contributed by atoms with Crippen LogP contribution in [0.5, 0.6) is 0 Å². The van der Waals surface area contributed by atoms with Crippen LogP contribution in [0.15, 0.2) is 0 Å². The largest absolute Gasteiger partial charge is 0.481 e. The van der Waals surface area contributed by atoms with Gasteiger partial charge in [-0.3, -0.25) is 4.79 Å². The van der Waals surface area contributed by atoms with Crippen LogP contribution in [0.25, 0.3) is 0 Å². The molecule has 114 valence electrons. The first-order valence-corrected chi connectivity index (χ1v) is 7.65. The predicted octanol–water partition coefficient (Wildman–Crippen LogP) is 2.32. The lowest BCUT2D eigenvalue weighted by atomic mass is 9.79. The highest BCUT2D eigenvalue weighted by Crippen LogP contribution is 2.31. The number of carboxylic acids is 1. The molecule has 0 aromatic heterocycles. The second kappa shape index (κ2) is 6.02. The van der Waals surface area contributed by atoms with Crippen molar-refractivity contribution in [1.82, 2.24) is 10.2 Å². The number of rotatable bonds is 3. The van der Waals surface area contributed by atoms with Crippen molar-refractivity contribution >= 4 is 12.0 Å². The average Bonchev–Trinajstić information content (AvgIpc) is 2.76. The lowest BCUT2D eigenvalue weighted by molar-refractivity contribution is -0.144. The third-order valence-corrected chi connectivity index (χ3v) is 4.71. The zero-order chi connectivity index (χ0) is 14.8. The maximum absolute atomic E-state index is 12.1. The smallest absolute Gasteiger partial charge is 0.317 e. The maximum Gasteiger partial charge on any atom is 0.317 e. The second-order valence-corrected chi connectivity index (χ2v) is 7.01. The van der Waals surface area contributed by atoms with Gasteiger partial charge in [0.05, 0.1) is 5.92 Å². The summed E-state index contributed by atoms with van der Waals surface area (Å²) in [6.45, 7) is 6.41. The third-order valence-electron chi connectivity index (χ3n) is 4.71. The zero-order valence-electron chi connectivity index (χ0n) is 12.5. The number of likely N-dealkylation sites (tertiary alicyclic amines) is 1. The molecule has 1 saturated carbocycles. The van der Waals surface area contributed by atoms with E-state index in [9.17, 15) is 14.7 Å². The quantitative estimate of drug-likeness (QED) is 0.834. The Morgan fingerprint density at radius 1 is 1.30 bits per heavy atom. The van der Waals surface area contributed by atoms with Crippen LogP contribution in [-0.2, 0) is 4.79 Å². The van der Waals surface area contributed by atoms with Crippen LogP contribution in [0.3, 0.4) is 0 Å². The summed E-state index contributed by atoms with van der Waals surface area (Å²) in [6.07, 6.45) is 4.74. The van der Waals surface area contributed by atoms with Gasteiger partial charge >= 0.3 is 12.0 Å². The number of carbonyl (C=O) groups is 2. The van der Waals surface area contributed by atoms with Crippen LogP contribution in [0.2, 0.25) is 0 Å². The van der Waals surface area contributed by atoms with Gasteiger partial charge < -0.3 is 15.3 Å². The van der Waals surface area contributed by atoms with Crippen LogP contribution in [-0.4, -0.2) is 41.6 Å². The van der Waals surface area contributed by atoms with E-state index in [0.29, 0.717) is 6.54 Å². The van der Waals surface area contributed by atoms with Gasteiger partial charge in [-0.15, -0.1) is 0 Å². The Hall–Kier alpha value is -1.26. The van der Waals surface area contributed by atoms with Crippen molar-refractivity contribution < 1.29 is 14.7 Å². The molecule has 1 aliphatic carbocycles. The van der Waals surface area contributed by atoms with Crippen LogP contribution in [0.1, 0.15) is 46.0 Å². The average molecular weight is 282 g/mol. The molecule has 2 fully saturated rings. The molecule has 5 nitrogen and oxygen atoms in total. The Kier molecular flexibility index (Phi) is 4.55. The molecule has 0 aromatic rings.